The van der Waals surface area contributed by atoms with Gasteiger partial charge in [0.15, 0.2) is 4.83 Å². The Kier molecular flexibility index (Phi) is 5.49. The van der Waals surface area contributed by atoms with E-state index in [0.29, 0.717) is 30.9 Å². The topological polar surface area (TPSA) is 110 Å². The number of aliphatic imine (C=N–C) groups is 1. The fraction of sp³-hybridized carbons (Fsp3) is 0.556. The van der Waals surface area contributed by atoms with E-state index in [-0.39, 0.29) is 6.04 Å². The molecule has 0 unspecified atom stereocenters. The highest BCUT2D eigenvalue weighted by atomic mass is 32.1. The molecule has 0 aromatic carbocycles. The van der Waals surface area contributed by atoms with Gasteiger partial charge in [-0.1, -0.05) is 19.3 Å². The highest BCUT2D eigenvalue weighted by Crippen LogP contribution is 2.30. The van der Waals surface area contributed by atoms with Gasteiger partial charge in [0.1, 0.15) is 5.82 Å². The molecule has 0 amide bonds. The van der Waals surface area contributed by atoms with Crippen LogP contribution in [0.15, 0.2) is 16.9 Å². The standard InChI is InChI=1S/C18H25N7OS/c1-11-15-16(21-12-5-3-2-4-6-12)23-18(24-17(15)27-25-11)22-13(7-19)8-20-14-9-26-10-14/h7-8,12,14H,2-6,9-10,19H2,1H3,(H2,21,22,23,24). The molecular weight excluding hydrogens is 362 g/mol. The van der Waals surface area contributed by atoms with E-state index in [1.807, 2.05) is 6.92 Å². The minimum absolute atomic E-state index is 0.206. The number of rotatable bonds is 6. The maximum absolute atomic E-state index is 5.74. The number of ether oxygens (including phenoxy) is 1. The number of fused-ring (bicyclic) bond motifs is 1. The van der Waals surface area contributed by atoms with Gasteiger partial charge in [-0.3, -0.25) is 4.99 Å². The Balaban J connectivity index is 1.57. The third kappa shape index (κ3) is 4.19. The van der Waals surface area contributed by atoms with Gasteiger partial charge >= 0.3 is 0 Å². The molecule has 8 nitrogen and oxygen atoms in total. The van der Waals surface area contributed by atoms with Crippen LogP contribution in [0.1, 0.15) is 37.8 Å². The van der Waals surface area contributed by atoms with Gasteiger partial charge in [0.25, 0.3) is 0 Å². The first-order chi connectivity index (χ1) is 13.2. The number of aromatic nitrogens is 3. The highest BCUT2D eigenvalue weighted by molar-refractivity contribution is 7.13. The van der Waals surface area contributed by atoms with Crippen LogP contribution in [0.3, 0.4) is 0 Å². The van der Waals surface area contributed by atoms with Crippen LogP contribution >= 0.6 is 11.5 Å². The van der Waals surface area contributed by atoms with Crippen LogP contribution < -0.4 is 16.4 Å². The molecule has 0 radical (unpaired) electrons. The van der Waals surface area contributed by atoms with Gasteiger partial charge in [0.2, 0.25) is 5.95 Å². The lowest BCUT2D eigenvalue weighted by Gasteiger charge is -2.24. The lowest BCUT2D eigenvalue weighted by Crippen LogP contribution is -2.31. The van der Waals surface area contributed by atoms with Crippen molar-refractivity contribution in [3.63, 3.8) is 0 Å². The van der Waals surface area contributed by atoms with Crippen molar-refractivity contribution in [2.75, 3.05) is 23.8 Å². The van der Waals surface area contributed by atoms with Crippen molar-refractivity contribution in [3.8, 4) is 0 Å². The molecular formula is C18H25N7OS. The predicted octanol–water partition coefficient (Wildman–Crippen LogP) is 2.82. The summed E-state index contributed by atoms with van der Waals surface area (Å²) in [4.78, 5) is 14.6. The molecule has 1 saturated heterocycles. The second-order valence-electron chi connectivity index (χ2n) is 7.04. The normalized spacial score (nSPS) is 19.5. The molecule has 1 saturated carbocycles. The first-order valence-corrected chi connectivity index (χ1v) is 10.2. The van der Waals surface area contributed by atoms with Crippen LogP contribution in [0.2, 0.25) is 0 Å². The molecule has 2 aromatic heterocycles. The molecule has 9 heteroatoms. The van der Waals surface area contributed by atoms with Crippen molar-refractivity contribution < 1.29 is 4.74 Å². The Hall–Kier alpha value is -2.26. The number of nitrogens with two attached hydrogens (primary N) is 1. The van der Waals surface area contributed by atoms with E-state index >= 15 is 0 Å². The van der Waals surface area contributed by atoms with Crippen molar-refractivity contribution in [1.29, 1.82) is 0 Å². The number of allylic oxidation sites excluding steroid dienone is 1. The smallest absolute Gasteiger partial charge is 0.230 e. The zero-order chi connectivity index (χ0) is 18.6. The molecule has 27 heavy (non-hydrogen) atoms. The first-order valence-electron chi connectivity index (χ1n) is 9.43. The molecule has 4 rings (SSSR count). The molecule has 2 fully saturated rings. The molecule has 4 N–H and O–H groups in total. The highest BCUT2D eigenvalue weighted by Gasteiger charge is 2.19. The maximum atomic E-state index is 5.74. The minimum Gasteiger partial charge on any atom is -0.403 e. The first kappa shape index (κ1) is 18.1. The summed E-state index contributed by atoms with van der Waals surface area (Å²) in [5.74, 6) is 1.35. The summed E-state index contributed by atoms with van der Waals surface area (Å²) in [7, 11) is 0. The summed E-state index contributed by atoms with van der Waals surface area (Å²) in [6.07, 6.45) is 9.39. The SMILES string of the molecule is Cc1nsc2nc(NC(C=NC3COC3)=CN)nc(NC3CCCCC3)c12. The van der Waals surface area contributed by atoms with Gasteiger partial charge in [0.05, 0.1) is 36.0 Å². The quantitative estimate of drug-likeness (QED) is 0.654. The van der Waals surface area contributed by atoms with Crippen LogP contribution in [-0.4, -0.2) is 45.9 Å². The van der Waals surface area contributed by atoms with Crippen molar-refractivity contribution in [2.24, 2.45) is 10.7 Å². The van der Waals surface area contributed by atoms with Gasteiger partial charge in [0, 0.05) is 18.5 Å². The van der Waals surface area contributed by atoms with E-state index in [9.17, 15) is 0 Å². The monoisotopic (exact) mass is 387 g/mol. The number of aryl methyl sites for hydroxylation is 1. The van der Waals surface area contributed by atoms with Gasteiger partial charge in [-0.25, -0.2) is 0 Å². The van der Waals surface area contributed by atoms with Crippen molar-refractivity contribution >= 4 is 39.7 Å². The second-order valence-corrected chi connectivity index (χ2v) is 7.79. The van der Waals surface area contributed by atoms with Crippen LogP contribution in [0, 0.1) is 6.92 Å². The molecule has 3 heterocycles. The maximum Gasteiger partial charge on any atom is 0.230 e. The molecule has 2 aliphatic rings. The third-order valence-electron chi connectivity index (χ3n) is 4.93. The Labute approximate surface area is 162 Å². The zero-order valence-electron chi connectivity index (χ0n) is 15.4. The summed E-state index contributed by atoms with van der Waals surface area (Å²) in [5.41, 5.74) is 7.36. The average molecular weight is 388 g/mol. The van der Waals surface area contributed by atoms with Crippen molar-refractivity contribution in [2.45, 2.75) is 51.1 Å². The number of anilines is 2. The number of nitrogens with one attached hydrogen (secondary N) is 2. The fourth-order valence-corrected chi connectivity index (χ4v) is 4.11. The van der Waals surface area contributed by atoms with Crippen molar-refractivity contribution in [1.82, 2.24) is 14.3 Å². The summed E-state index contributed by atoms with van der Waals surface area (Å²) >= 11 is 1.39. The van der Waals surface area contributed by atoms with E-state index in [2.05, 4.69) is 25.0 Å². The lowest BCUT2D eigenvalue weighted by molar-refractivity contribution is 0.0135. The van der Waals surface area contributed by atoms with Gasteiger partial charge in [-0.15, -0.1) is 0 Å². The Morgan fingerprint density at radius 1 is 1.26 bits per heavy atom. The number of hydrogen-bond acceptors (Lipinski definition) is 9. The van der Waals surface area contributed by atoms with Crippen LogP contribution in [-0.2, 0) is 4.74 Å². The van der Waals surface area contributed by atoms with Crippen LogP contribution in [0.4, 0.5) is 11.8 Å². The lowest BCUT2D eigenvalue weighted by atomic mass is 9.95. The minimum atomic E-state index is 0.206. The number of nitrogens with zero attached hydrogens (tertiary/aromatic N) is 4. The Morgan fingerprint density at radius 2 is 2.07 bits per heavy atom. The fourth-order valence-electron chi connectivity index (χ4n) is 3.33. The summed E-state index contributed by atoms with van der Waals surface area (Å²) in [6, 6.07) is 0.659. The Morgan fingerprint density at radius 3 is 2.78 bits per heavy atom. The van der Waals surface area contributed by atoms with Gasteiger partial charge < -0.3 is 21.1 Å². The van der Waals surface area contributed by atoms with E-state index in [4.69, 9.17) is 15.5 Å². The number of hydrogen-bond donors (Lipinski definition) is 3. The molecule has 0 bridgehead atoms. The van der Waals surface area contributed by atoms with E-state index < -0.39 is 0 Å². The van der Waals surface area contributed by atoms with Crippen LogP contribution in [0.5, 0.6) is 0 Å². The van der Waals surface area contributed by atoms with Gasteiger partial charge in [-0.05, 0) is 31.3 Å². The van der Waals surface area contributed by atoms with Crippen LogP contribution in [0.25, 0.3) is 10.2 Å². The molecule has 2 aromatic rings. The summed E-state index contributed by atoms with van der Waals surface area (Å²) < 4.78 is 9.59. The Bertz CT molecular complexity index is 853. The molecule has 1 aliphatic heterocycles. The summed E-state index contributed by atoms with van der Waals surface area (Å²) in [6.45, 7) is 3.32. The largest absolute Gasteiger partial charge is 0.403 e. The van der Waals surface area contributed by atoms with E-state index in [1.165, 1.54) is 49.8 Å². The molecule has 0 atom stereocenters. The second kappa shape index (κ2) is 8.18. The van der Waals surface area contributed by atoms with Crippen molar-refractivity contribution in [3.05, 3.63) is 17.6 Å². The van der Waals surface area contributed by atoms with Gasteiger partial charge in [-0.2, -0.15) is 14.3 Å². The van der Waals surface area contributed by atoms with E-state index in [0.717, 1.165) is 21.7 Å². The third-order valence-corrected chi connectivity index (χ3v) is 5.77. The van der Waals surface area contributed by atoms with E-state index in [1.54, 1.807) is 6.21 Å². The summed E-state index contributed by atoms with van der Waals surface area (Å²) in [5, 5.41) is 7.81. The molecule has 0 spiro atoms. The zero-order valence-corrected chi connectivity index (χ0v) is 16.3. The predicted molar refractivity (Wildman–Crippen MR) is 109 cm³/mol. The molecule has 1 aliphatic carbocycles. The molecule has 144 valence electrons. The average Bonchev–Trinajstić information content (AvgIpc) is 3.01.